The van der Waals surface area contributed by atoms with E-state index in [1.165, 1.54) is 42.5 Å². The number of azo groups is 2. The zero-order valence-corrected chi connectivity index (χ0v) is 31.0. The molecule has 0 aliphatic rings. The topological polar surface area (TPSA) is 274 Å². The number of aromatic hydroxyl groups is 2. The van der Waals surface area contributed by atoms with Crippen LogP contribution in [0.3, 0.4) is 0 Å². The van der Waals surface area contributed by atoms with Gasteiger partial charge in [-0.05, 0) is 117 Å². The van der Waals surface area contributed by atoms with E-state index in [0.717, 1.165) is 21.5 Å². The summed E-state index contributed by atoms with van der Waals surface area (Å²) < 4.78 is 67.0. The van der Waals surface area contributed by atoms with E-state index in [1.54, 1.807) is 45.9 Å². The van der Waals surface area contributed by atoms with Crippen LogP contribution in [0.2, 0.25) is 0 Å². The molecular formula is C35H32N8O10S2. The summed E-state index contributed by atoms with van der Waals surface area (Å²) in [6.45, 7) is 6.33. The molecule has 6 aromatic rings. The molecule has 4 aromatic carbocycles. The third-order valence-corrected chi connectivity index (χ3v) is 10.2. The number of hydrogen-bond acceptors (Lipinski definition) is 12. The number of phenolic OH excluding ortho intramolecular Hbond substituents is 2. The Bertz CT molecular complexity index is 2920. The number of nitrogens with zero attached hydrogens (tertiary/aromatic N) is 6. The maximum atomic E-state index is 13.2. The molecule has 20 heteroatoms. The Morgan fingerprint density at radius 3 is 1.47 bits per heavy atom. The van der Waals surface area contributed by atoms with Crippen molar-refractivity contribution in [3.05, 3.63) is 127 Å². The summed E-state index contributed by atoms with van der Waals surface area (Å²) in [5, 5.41) is 43.3. The monoisotopic (exact) mass is 788 g/mol. The lowest BCUT2D eigenvalue weighted by atomic mass is 10.0. The molecule has 0 fully saturated rings. The SMILES string of the molecule is Cc1cc(S(=O)(=O)O)ccc1-n1[nH]c(C)c(N=Nc2ccc(Cc3ccc(O)c(N=Nc4c(C)[nH]n(-c5ccc(S(=O)(=O)O)cc5C)c4=O)c3)cc2O)c1=O. The molecule has 18 nitrogen and oxygen atoms in total. The van der Waals surface area contributed by atoms with Crippen molar-refractivity contribution >= 4 is 43.0 Å². The molecule has 0 atom stereocenters. The standard InChI is InChI=1S/C35H32N8O10S2/c1-18-13-24(54(48,49)50)7-10-28(18)42-34(46)32(20(3)40-42)38-36-26-9-5-23(17-31(26)45)15-22-6-12-30(44)27(16-22)37-39-33-21(4)41-43(35(33)47)29-11-8-25(14-19(29)2)55(51,52)53/h5-14,16-17,40-41,44-45H,15H2,1-4H3,(H,48,49,50)(H,51,52,53). The largest absolute Gasteiger partial charge is 0.506 e. The fraction of sp³-hybridized carbons (Fsp3) is 0.143. The Hall–Kier alpha value is -6.48. The van der Waals surface area contributed by atoms with Gasteiger partial charge in [0.25, 0.3) is 31.4 Å². The van der Waals surface area contributed by atoms with Crippen molar-refractivity contribution in [2.75, 3.05) is 0 Å². The van der Waals surface area contributed by atoms with Gasteiger partial charge in [0.05, 0.1) is 32.6 Å². The number of aromatic nitrogens is 4. The summed E-state index contributed by atoms with van der Waals surface area (Å²) >= 11 is 0. The molecule has 0 aliphatic heterocycles. The number of aryl methyl sites for hydroxylation is 4. The highest BCUT2D eigenvalue weighted by molar-refractivity contribution is 7.86. The van der Waals surface area contributed by atoms with Gasteiger partial charge >= 0.3 is 0 Å². The molecule has 0 bridgehead atoms. The third kappa shape index (κ3) is 7.92. The Morgan fingerprint density at radius 1 is 0.564 bits per heavy atom. The molecular weight excluding hydrogens is 757 g/mol. The van der Waals surface area contributed by atoms with Gasteiger partial charge in [0, 0.05) is 0 Å². The number of phenols is 2. The van der Waals surface area contributed by atoms with Crippen molar-refractivity contribution in [1.29, 1.82) is 0 Å². The predicted molar refractivity (Wildman–Crippen MR) is 199 cm³/mol. The van der Waals surface area contributed by atoms with E-state index >= 15 is 0 Å². The second-order valence-electron chi connectivity index (χ2n) is 12.5. The fourth-order valence-electron chi connectivity index (χ4n) is 5.69. The molecule has 2 aromatic heterocycles. The first kappa shape index (κ1) is 38.3. The van der Waals surface area contributed by atoms with Gasteiger partial charge in [0.15, 0.2) is 11.4 Å². The highest BCUT2D eigenvalue weighted by Crippen LogP contribution is 2.33. The summed E-state index contributed by atoms with van der Waals surface area (Å²) in [7, 11) is -8.87. The maximum Gasteiger partial charge on any atom is 0.299 e. The van der Waals surface area contributed by atoms with Crippen molar-refractivity contribution in [3.8, 4) is 22.9 Å². The van der Waals surface area contributed by atoms with Gasteiger partial charge in [-0.15, -0.1) is 20.5 Å². The number of benzene rings is 4. The molecule has 284 valence electrons. The second kappa shape index (κ2) is 14.4. The zero-order valence-electron chi connectivity index (χ0n) is 29.4. The van der Waals surface area contributed by atoms with Crippen LogP contribution in [0.1, 0.15) is 33.6 Å². The van der Waals surface area contributed by atoms with Gasteiger partial charge in [0.2, 0.25) is 0 Å². The van der Waals surface area contributed by atoms with Crippen molar-refractivity contribution in [3.63, 3.8) is 0 Å². The molecule has 0 spiro atoms. The van der Waals surface area contributed by atoms with Gasteiger partial charge in [-0.1, -0.05) is 12.1 Å². The van der Waals surface area contributed by atoms with Crippen molar-refractivity contribution in [2.24, 2.45) is 20.5 Å². The van der Waals surface area contributed by atoms with Gasteiger partial charge < -0.3 is 10.2 Å². The second-order valence-corrected chi connectivity index (χ2v) is 15.4. The number of rotatable bonds is 10. The van der Waals surface area contributed by atoms with E-state index in [2.05, 4.69) is 30.7 Å². The summed E-state index contributed by atoms with van der Waals surface area (Å²) in [6, 6.07) is 16.8. The molecule has 0 unspecified atom stereocenters. The molecule has 6 rings (SSSR count). The van der Waals surface area contributed by atoms with E-state index in [0.29, 0.717) is 45.0 Å². The highest BCUT2D eigenvalue weighted by atomic mass is 32.2. The van der Waals surface area contributed by atoms with Crippen LogP contribution < -0.4 is 11.1 Å². The lowest BCUT2D eigenvalue weighted by Gasteiger charge is -2.07. The van der Waals surface area contributed by atoms with E-state index < -0.39 is 31.4 Å². The zero-order chi connectivity index (χ0) is 40.0. The summed E-state index contributed by atoms with van der Waals surface area (Å²) in [6.07, 6.45) is 0.278. The minimum absolute atomic E-state index is 0.0503. The lowest BCUT2D eigenvalue weighted by Crippen LogP contribution is -2.15. The molecule has 0 radical (unpaired) electrons. The third-order valence-electron chi connectivity index (χ3n) is 8.50. The number of H-pyrrole nitrogens is 2. The highest BCUT2D eigenvalue weighted by Gasteiger charge is 2.19. The summed E-state index contributed by atoms with van der Waals surface area (Å²) in [5.74, 6) is -0.437. The molecule has 0 amide bonds. The maximum absolute atomic E-state index is 13.2. The van der Waals surface area contributed by atoms with Crippen LogP contribution in [-0.4, -0.2) is 55.7 Å². The number of nitrogens with one attached hydrogen (secondary N) is 2. The molecule has 6 N–H and O–H groups in total. The quantitative estimate of drug-likeness (QED) is 0.0675. The van der Waals surface area contributed by atoms with Crippen LogP contribution in [0.4, 0.5) is 22.7 Å². The van der Waals surface area contributed by atoms with Gasteiger partial charge in [-0.2, -0.15) is 16.8 Å². The van der Waals surface area contributed by atoms with Crippen LogP contribution in [0.25, 0.3) is 11.4 Å². The van der Waals surface area contributed by atoms with Crippen molar-refractivity contribution in [2.45, 2.75) is 43.9 Å². The van der Waals surface area contributed by atoms with Crippen molar-refractivity contribution in [1.82, 2.24) is 19.6 Å². The fourth-order valence-corrected chi connectivity index (χ4v) is 6.83. The first-order valence-electron chi connectivity index (χ1n) is 16.1. The average molecular weight is 789 g/mol. The Labute approximate surface area is 312 Å². The Morgan fingerprint density at radius 2 is 1.02 bits per heavy atom. The number of hydrogen-bond donors (Lipinski definition) is 6. The van der Waals surface area contributed by atoms with Crippen LogP contribution in [0, 0.1) is 27.7 Å². The van der Waals surface area contributed by atoms with Gasteiger partial charge in [-0.25, -0.2) is 9.36 Å². The molecule has 0 saturated heterocycles. The first-order chi connectivity index (χ1) is 25.8. The van der Waals surface area contributed by atoms with Crippen LogP contribution in [-0.2, 0) is 26.7 Å². The summed E-state index contributed by atoms with van der Waals surface area (Å²) in [4.78, 5) is 25.8. The number of aromatic amines is 2. The minimum atomic E-state index is -4.44. The summed E-state index contributed by atoms with van der Waals surface area (Å²) in [5.41, 5.74) is 2.29. The smallest absolute Gasteiger partial charge is 0.299 e. The van der Waals surface area contributed by atoms with Gasteiger partial charge in [0.1, 0.15) is 22.9 Å². The van der Waals surface area contributed by atoms with Gasteiger partial charge in [-0.3, -0.25) is 28.9 Å². The molecule has 55 heavy (non-hydrogen) atoms. The van der Waals surface area contributed by atoms with E-state index in [1.807, 2.05) is 0 Å². The predicted octanol–water partition coefficient (Wildman–Crippen LogP) is 6.20. The Kier molecular flexibility index (Phi) is 10.0. The van der Waals surface area contributed by atoms with Crippen molar-refractivity contribution < 1.29 is 36.2 Å². The van der Waals surface area contributed by atoms with Crippen LogP contribution in [0.15, 0.2) is 113 Å². The molecule has 0 aliphatic carbocycles. The van der Waals surface area contributed by atoms with E-state index in [-0.39, 0.29) is 50.5 Å². The Balaban J connectivity index is 1.19. The first-order valence-corrected chi connectivity index (χ1v) is 19.0. The molecule has 0 saturated carbocycles. The average Bonchev–Trinajstić information content (AvgIpc) is 3.55. The minimum Gasteiger partial charge on any atom is -0.506 e. The van der Waals surface area contributed by atoms with E-state index in [9.17, 15) is 45.7 Å². The lowest BCUT2D eigenvalue weighted by molar-refractivity contribution is 0.475. The molecule has 2 heterocycles. The van der Waals surface area contributed by atoms with Crippen LogP contribution >= 0.6 is 0 Å². The van der Waals surface area contributed by atoms with Crippen LogP contribution in [0.5, 0.6) is 11.5 Å². The van der Waals surface area contributed by atoms with E-state index in [4.69, 9.17) is 0 Å². The normalized spacial score (nSPS) is 12.3.